The second-order valence-corrected chi connectivity index (χ2v) is 8.12. The van der Waals surface area contributed by atoms with Crippen molar-refractivity contribution in [3.8, 4) is 0 Å². The minimum Gasteiger partial charge on any atom is -0.450 e. The van der Waals surface area contributed by atoms with Crippen LogP contribution >= 0.6 is 23.4 Å². The maximum Gasteiger partial charge on any atom is 0.276 e. The lowest BCUT2D eigenvalue weighted by Gasteiger charge is -2.08. The largest absolute Gasteiger partial charge is 0.450 e. The number of furan rings is 1. The number of hydrogen-bond acceptors (Lipinski definition) is 6. The van der Waals surface area contributed by atoms with Crippen molar-refractivity contribution in [3.05, 3.63) is 82.8 Å². The lowest BCUT2D eigenvalue weighted by molar-refractivity contribution is 0.101. The lowest BCUT2D eigenvalue weighted by Crippen LogP contribution is -2.17. The monoisotopic (exact) mass is 451 g/mol. The van der Waals surface area contributed by atoms with Crippen molar-refractivity contribution in [2.75, 3.05) is 11.1 Å². The summed E-state index contributed by atoms with van der Waals surface area (Å²) in [5.41, 5.74) is 1.27. The van der Waals surface area contributed by atoms with E-state index in [1.165, 1.54) is 18.0 Å². The van der Waals surface area contributed by atoms with E-state index >= 15 is 0 Å². The summed E-state index contributed by atoms with van der Waals surface area (Å²) in [5, 5.41) is 3.99. The van der Waals surface area contributed by atoms with Gasteiger partial charge in [-0.05, 0) is 18.6 Å². The number of aromatic nitrogens is 2. The highest BCUT2D eigenvalue weighted by Gasteiger charge is 2.25. The fourth-order valence-corrected chi connectivity index (χ4v) is 3.84. The molecule has 0 spiro atoms. The number of ketones is 1. The van der Waals surface area contributed by atoms with E-state index in [9.17, 15) is 9.59 Å². The van der Waals surface area contributed by atoms with Crippen LogP contribution in [0.15, 0.2) is 70.4 Å². The molecular weight excluding hydrogens is 434 g/mol. The minimum absolute atomic E-state index is 0.0404. The fraction of sp³-hybridized carbons (Fsp3) is 0.130. The lowest BCUT2D eigenvalue weighted by atomic mass is 10.1. The first-order valence-electron chi connectivity index (χ1n) is 9.66. The summed E-state index contributed by atoms with van der Waals surface area (Å²) in [5.74, 6) is -0.00359. The van der Waals surface area contributed by atoms with Crippen LogP contribution in [0.4, 0.5) is 5.69 Å². The Morgan fingerprint density at radius 1 is 1.10 bits per heavy atom. The van der Waals surface area contributed by atoms with Gasteiger partial charge in [-0.2, -0.15) is 0 Å². The van der Waals surface area contributed by atoms with E-state index in [0.717, 1.165) is 12.2 Å². The summed E-state index contributed by atoms with van der Waals surface area (Å²) in [4.78, 5) is 34.6. The van der Waals surface area contributed by atoms with Crippen molar-refractivity contribution < 1.29 is 14.0 Å². The van der Waals surface area contributed by atoms with Crippen molar-refractivity contribution in [1.82, 2.24) is 9.97 Å². The Balaban J connectivity index is 1.73. The van der Waals surface area contributed by atoms with E-state index in [4.69, 9.17) is 16.0 Å². The van der Waals surface area contributed by atoms with E-state index in [1.54, 1.807) is 48.5 Å². The van der Waals surface area contributed by atoms with Gasteiger partial charge in [-0.15, -0.1) is 0 Å². The highest BCUT2D eigenvalue weighted by molar-refractivity contribution is 7.99. The molecular formula is C23H18ClN3O3S. The third-order valence-electron chi connectivity index (χ3n) is 4.45. The van der Waals surface area contributed by atoms with Crippen LogP contribution in [0.3, 0.4) is 0 Å². The molecule has 156 valence electrons. The van der Waals surface area contributed by atoms with Crippen LogP contribution in [0.5, 0.6) is 0 Å². The third kappa shape index (κ3) is 4.47. The number of nitrogens with one attached hydrogen (secondary N) is 1. The Morgan fingerprint density at radius 2 is 1.84 bits per heavy atom. The number of para-hydroxylation sites is 1. The predicted molar refractivity (Wildman–Crippen MR) is 122 cm³/mol. The molecule has 4 rings (SSSR count). The van der Waals surface area contributed by atoms with Gasteiger partial charge < -0.3 is 9.73 Å². The maximum absolute atomic E-state index is 13.1. The Labute approximate surface area is 188 Å². The molecule has 0 bridgehead atoms. The Hall–Kier alpha value is -3.16. The molecule has 0 saturated heterocycles. The summed E-state index contributed by atoms with van der Waals surface area (Å²) < 4.78 is 5.83. The molecule has 31 heavy (non-hydrogen) atoms. The molecule has 2 aromatic carbocycles. The van der Waals surface area contributed by atoms with Crippen molar-refractivity contribution in [1.29, 1.82) is 0 Å². The van der Waals surface area contributed by atoms with Gasteiger partial charge in [0.15, 0.2) is 16.6 Å². The SMILES string of the molecule is CCCSc1ncc(Cl)c(C(=O)Nc2c(C(=O)c3ccccc3)oc3ccccc23)n1. The quantitative estimate of drug-likeness (QED) is 0.215. The van der Waals surface area contributed by atoms with Crippen molar-refractivity contribution in [2.45, 2.75) is 18.5 Å². The summed E-state index contributed by atoms with van der Waals surface area (Å²) in [6.07, 6.45) is 2.36. The molecule has 6 nitrogen and oxygen atoms in total. The number of carbonyl (C=O) groups excluding carboxylic acids is 2. The topological polar surface area (TPSA) is 85.1 Å². The number of fused-ring (bicyclic) bond motifs is 1. The van der Waals surface area contributed by atoms with Crippen LogP contribution in [0.2, 0.25) is 5.02 Å². The molecule has 0 atom stereocenters. The number of anilines is 1. The summed E-state index contributed by atoms with van der Waals surface area (Å²) >= 11 is 7.64. The summed E-state index contributed by atoms with van der Waals surface area (Å²) in [7, 11) is 0. The summed E-state index contributed by atoms with van der Waals surface area (Å²) in [6, 6.07) is 15.9. The number of rotatable bonds is 7. The molecule has 8 heteroatoms. The molecule has 2 aromatic heterocycles. The fourth-order valence-electron chi connectivity index (χ4n) is 3.00. The maximum atomic E-state index is 13.1. The first-order chi connectivity index (χ1) is 15.1. The van der Waals surface area contributed by atoms with Crippen molar-refractivity contribution in [3.63, 3.8) is 0 Å². The minimum atomic E-state index is -0.542. The van der Waals surface area contributed by atoms with Crippen molar-refractivity contribution in [2.24, 2.45) is 0 Å². The number of benzene rings is 2. The number of nitrogens with zero attached hydrogens (tertiary/aromatic N) is 2. The van der Waals surface area contributed by atoms with Crippen LogP contribution in [-0.4, -0.2) is 27.4 Å². The first-order valence-corrected chi connectivity index (χ1v) is 11.0. The van der Waals surface area contributed by atoms with E-state index in [-0.39, 0.29) is 27.9 Å². The van der Waals surface area contributed by atoms with Gasteiger partial charge in [-0.1, -0.05) is 72.8 Å². The van der Waals surface area contributed by atoms with Gasteiger partial charge in [0, 0.05) is 16.7 Å². The molecule has 2 heterocycles. The van der Waals surface area contributed by atoms with E-state index in [0.29, 0.717) is 21.7 Å². The van der Waals surface area contributed by atoms with Gasteiger partial charge in [-0.3, -0.25) is 9.59 Å². The molecule has 0 aliphatic carbocycles. The van der Waals surface area contributed by atoms with Crippen LogP contribution in [-0.2, 0) is 0 Å². The standard InChI is InChI=1S/C23H18ClN3O3S/c1-2-12-31-23-25-13-16(24)19(27-23)22(29)26-18-15-10-6-7-11-17(15)30-21(18)20(28)14-8-4-3-5-9-14/h3-11,13H,2,12H2,1H3,(H,26,29). The highest BCUT2D eigenvalue weighted by atomic mass is 35.5. The zero-order chi connectivity index (χ0) is 21.8. The van der Waals surface area contributed by atoms with Gasteiger partial charge in [-0.25, -0.2) is 9.97 Å². The van der Waals surface area contributed by atoms with Crippen LogP contribution in [0.1, 0.15) is 40.0 Å². The highest BCUT2D eigenvalue weighted by Crippen LogP contribution is 2.33. The number of carbonyl (C=O) groups is 2. The second-order valence-electron chi connectivity index (χ2n) is 6.65. The molecule has 1 N–H and O–H groups in total. The van der Waals surface area contributed by atoms with Gasteiger partial charge in [0.05, 0.1) is 16.9 Å². The zero-order valence-electron chi connectivity index (χ0n) is 16.6. The van der Waals surface area contributed by atoms with Crippen LogP contribution in [0, 0.1) is 0 Å². The Kier molecular flexibility index (Phi) is 6.34. The normalized spacial score (nSPS) is 10.9. The van der Waals surface area contributed by atoms with Crippen molar-refractivity contribution >= 4 is 51.7 Å². The molecule has 0 saturated carbocycles. The van der Waals surface area contributed by atoms with Crippen LogP contribution < -0.4 is 5.32 Å². The third-order valence-corrected chi connectivity index (χ3v) is 5.79. The number of hydrogen-bond donors (Lipinski definition) is 1. The second kappa shape index (κ2) is 9.32. The Bertz CT molecular complexity index is 1260. The molecule has 0 radical (unpaired) electrons. The average Bonchev–Trinajstić information content (AvgIpc) is 3.17. The van der Waals surface area contributed by atoms with Gasteiger partial charge >= 0.3 is 0 Å². The van der Waals surface area contributed by atoms with Gasteiger partial charge in [0.1, 0.15) is 5.58 Å². The van der Waals surface area contributed by atoms with E-state index in [1.807, 2.05) is 13.0 Å². The number of halogens is 1. The zero-order valence-corrected chi connectivity index (χ0v) is 18.2. The predicted octanol–water partition coefficient (Wildman–Crippen LogP) is 5.86. The molecule has 4 aromatic rings. The smallest absolute Gasteiger partial charge is 0.276 e. The van der Waals surface area contributed by atoms with Gasteiger partial charge in [0.25, 0.3) is 5.91 Å². The molecule has 0 fully saturated rings. The first kappa shape index (κ1) is 21.1. The Morgan fingerprint density at radius 3 is 2.61 bits per heavy atom. The molecule has 0 unspecified atom stereocenters. The van der Waals surface area contributed by atoms with E-state index in [2.05, 4.69) is 15.3 Å². The van der Waals surface area contributed by atoms with Crippen LogP contribution in [0.25, 0.3) is 11.0 Å². The molecule has 0 aliphatic rings. The number of amides is 1. The molecule has 0 aliphatic heterocycles. The molecule has 1 amide bonds. The number of thioether (sulfide) groups is 1. The van der Waals surface area contributed by atoms with Gasteiger partial charge in [0.2, 0.25) is 5.78 Å². The van der Waals surface area contributed by atoms with E-state index < -0.39 is 5.91 Å². The summed E-state index contributed by atoms with van der Waals surface area (Å²) in [6.45, 7) is 2.05. The average molecular weight is 452 g/mol.